The largest absolute Gasteiger partial charge is 0.494 e. The van der Waals surface area contributed by atoms with Crippen molar-refractivity contribution in [3.63, 3.8) is 0 Å². The Morgan fingerprint density at radius 3 is 1.42 bits per heavy atom. The molecule has 0 unspecified atom stereocenters. The molecule has 0 spiro atoms. The third-order valence-corrected chi connectivity index (χ3v) is 15.0. The van der Waals surface area contributed by atoms with Gasteiger partial charge in [-0.15, -0.1) is 20.5 Å². The van der Waals surface area contributed by atoms with Gasteiger partial charge in [0.2, 0.25) is 22.2 Å². The third-order valence-electron chi connectivity index (χ3n) is 11.2. The lowest BCUT2D eigenvalue weighted by Gasteiger charge is -2.25. The molecular weight excluding hydrogens is 1070 g/mol. The van der Waals surface area contributed by atoms with Gasteiger partial charge in [-0.05, 0) is 69.7 Å². The first kappa shape index (κ1) is 54.7. The van der Waals surface area contributed by atoms with E-state index in [9.17, 15) is 25.9 Å². The maximum Gasteiger partial charge on any atom is 0.294 e. The molecule has 0 saturated heterocycles. The van der Waals surface area contributed by atoms with Gasteiger partial charge < -0.3 is 29.9 Å². The third kappa shape index (κ3) is 13.4. The van der Waals surface area contributed by atoms with E-state index in [1.165, 1.54) is 48.2 Å². The molecule has 28 heteroatoms. The second-order valence-electron chi connectivity index (χ2n) is 15.9. The van der Waals surface area contributed by atoms with Crippen LogP contribution in [0, 0.1) is 0 Å². The van der Waals surface area contributed by atoms with Crippen LogP contribution in [0.5, 0.6) is 11.5 Å². The summed E-state index contributed by atoms with van der Waals surface area (Å²) in [5.74, 6) is 2.20. The molecule has 76 heavy (non-hydrogen) atoms. The number of hydrogen-bond acceptors (Lipinski definition) is 24. The lowest BCUT2D eigenvalue weighted by atomic mass is 10.2. The molecule has 0 atom stereocenters. The van der Waals surface area contributed by atoms with E-state index in [2.05, 4.69) is 59.6 Å². The van der Waals surface area contributed by atoms with E-state index in [0.29, 0.717) is 82.5 Å². The second kappa shape index (κ2) is 24.4. The lowest BCUT2D eigenvalue weighted by molar-refractivity contribution is 0.414. The molecule has 0 amide bonds. The zero-order valence-electron chi connectivity index (χ0n) is 41.5. The first-order valence-corrected chi connectivity index (χ1v) is 28.6. The number of azo groups is 2. The van der Waals surface area contributed by atoms with Gasteiger partial charge in [-0.2, -0.15) is 50.5 Å². The van der Waals surface area contributed by atoms with Gasteiger partial charge in [-0.3, -0.25) is 9.11 Å². The molecule has 3 aromatic heterocycles. The molecule has 0 aliphatic rings. The normalized spacial score (nSPS) is 11.8. The van der Waals surface area contributed by atoms with Gasteiger partial charge in [0.1, 0.15) is 22.9 Å². The minimum absolute atomic E-state index is 0.136. The van der Waals surface area contributed by atoms with Crippen LogP contribution in [0.25, 0.3) is 22.8 Å². The van der Waals surface area contributed by atoms with Gasteiger partial charge >= 0.3 is 0 Å². The van der Waals surface area contributed by atoms with Crippen molar-refractivity contribution in [3.8, 4) is 34.3 Å². The highest BCUT2D eigenvalue weighted by atomic mass is 32.2. The average molecular weight is 1120 g/mol. The highest BCUT2D eigenvalue weighted by molar-refractivity contribution is 7.98. The summed E-state index contributed by atoms with van der Waals surface area (Å²) in [6.45, 7) is 10.7. The number of rotatable bonds is 23. The van der Waals surface area contributed by atoms with Gasteiger partial charge in [0.25, 0.3) is 20.2 Å². The quantitative estimate of drug-likeness (QED) is 0.0263. The Labute approximate surface area is 450 Å². The number of anilines is 6. The molecule has 394 valence electrons. The number of ether oxygens (including phenoxy) is 2. The molecule has 8 rings (SSSR count). The van der Waals surface area contributed by atoms with Gasteiger partial charge in [0.05, 0.1) is 46.8 Å². The van der Waals surface area contributed by atoms with Crippen molar-refractivity contribution in [1.29, 1.82) is 0 Å². The summed E-state index contributed by atoms with van der Waals surface area (Å²) in [6, 6.07) is 28.3. The molecule has 0 aliphatic carbocycles. The van der Waals surface area contributed by atoms with Crippen molar-refractivity contribution in [1.82, 2.24) is 33.7 Å². The van der Waals surface area contributed by atoms with Crippen molar-refractivity contribution in [2.45, 2.75) is 48.4 Å². The summed E-state index contributed by atoms with van der Waals surface area (Å²) in [7, 11) is -5.81. The van der Waals surface area contributed by atoms with Crippen molar-refractivity contribution in [2.24, 2.45) is 20.5 Å². The molecule has 23 nitrogen and oxygen atoms in total. The monoisotopic (exact) mass is 1120 g/mol. The Morgan fingerprint density at radius 1 is 0.566 bits per heavy atom. The van der Waals surface area contributed by atoms with Crippen LogP contribution < -0.4 is 29.9 Å². The number of nitrogens with zero attached hydrogens (tertiary/aromatic N) is 13. The van der Waals surface area contributed by atoms with Crippen LogP contribution in [0.1, 0.15) is 33.3 Å². The van der Waals surface area contributed by atoms with Crippen molar-refractivity contribution >= 4 is 111 Å². The Bertz CT molecular complexity index is 3420. The van der Waals surface area contributed by atoms with Crippen molar-refractivity contribution < 1.29 is 35.4 Å². The van der Waals surface area contributed by atoms with E-state index < -0.39 is 20.2 Å². The van der Waals surface area contributed by atoms with Crippen LogP contribution in [-0.4, -0.2) is 100 Å². The van der Waals surface area contributed by atoms with Crippen LogP contribution >= 0.6 is 34.8 Å². The second-order valence-corrected chi connectivity index (χ2v) is 21.2. The predicted octanol–water partition coefficient (Wildman–Crippen LogP) is 11.7. The summed E-state index contributed by atoms with van der Waals surface area (Å²) in [4.78, 5) is 27.2. The Kier molecular flexibility index (Phi) is 17.5. The fourth-order valence-corrected chi connectivity index (χ4v) is 10.3. The Hall–Kier alpha value is -7.60. The fourth-order valence-electron chi connectivity index (χ4n) is 7.46. The number of benzene rings is 5. The Morgan fingerprint density at radius 2 is 1.01 bits per heavy atom. The molecule has 0 radical (unpaired) electrons. The van der Waals surface area contributed by atoms with E-state index in [1.54, 1.807) is 38.5 Å². The number of aromatic nitrogens is 7. The molecule has 0 aliphatic heterocycles. The van der Waals surface area contributed by atoms with E-state index in [1.807, 2.05) is 70.2 Å². The van der Waals surface area contributed by atoms with Crippen LogP contribution in [0.15, 0.2) is 139 Å². The van der Waals surface area contributed by atoms with E-state index in [0.717, 1.165) is 40.0 Å². The molecular formula is C48H49N15O8S5. The highest BCUT2D eigenvalue weighted by Gasteiger charge is 2.21. The van der Waals surface area contributed by atoms with Gasteiger partial charge in [0, 0.05) is 78.3 Å². The van der Waals surface area contributed by atoms with Crippen LogP contribution in [0.3, 0.4) is 0 Å². The maximum absolute atomic E-state index is 11.8. The first-order chi connectivity index (χ1) is 36.6. The maximum atomic E-state index is 11.8. The zero-order valence-corrected chi connectivity index (χ0v) is 45.6. The van der Waals surface area contributed by atoms with Crippen molar-refractivity contribution in [2.75, 3.05) is 60.8 Å². The SMILES string of the molecule is CCN(CC)c1cc(Nc2nc(Nc3cc(N(CC)CC)c(OC)cc3/N=N/c3nc(-c4cccc(S(=O)(=O)O)c4)ns3)nc(SCc3ccccc3)n2)c(/N=N/c2nc(-c3cccc(S(=O)(=O)O)c3)ns2)cc1OC. The number of thioether (sulfide) groups is 1. The molecule has 0 fully saturated rings. The minimum Gasteiger partial charge on any atom is -0.494 e. The molecule has 4 N–H and O–H groups in total. The summed E-state index contributed by atoms with van der Waals surface area (Å²) < 4.78 is 87.1. The summed E-state index contributed by atoms with van der Waals surface area (Å²) >= 11 is 3.27. The topological polar surface area (TPSA) is 297 Å². The zero-order chi connectivity index (χ0) is 54.0. The van der Waals surface area contributed by atoms with Crippen molar-refractivity contribution in [3.05, 3.63) is 109 Å². The van der Waals surface area contributed by atoms with Gasteiger partial charge in [-0.1, -0.05) is 66.4 Å². The van der Waals surface area contributed by atoms with E-state index in [4.69, 9.17) is 24.4 Å². The summed E-state index contributed by atoms with van der Waals surface area (Å²) in [6.07, 6.45) is 0. The first-order valence-electron chi connectivity index (χ1n) is 23.2. The fraction of sp³-hybridized carbons (Fsp3) is 0.229. The predicted molar refractivity (Wildman–Crippen MR) is 294 cm³/mol. The molecule has 0 saturated carbocycles. The Balaban J connectivity index is 1.20. The van der Waals surface area contributed by atoms with Gasteiger partial charge in [0.15, 0.2) is 16.8 Å². The minimum atomic E-state index is -4.47. The summed E-state index contributed by atoms with van der Waals surface area (Å²) in [5, 5.41) is 25.5. The van der Waals surface area contributed by atoms with Crippen LogP contribution in [0.2, 0.25) is 0 Å². The van der Waals surface area contributed by atoms with E-state index in [-0.39, 0.29) is 43.6 Å². The number of nitrogens with one attached hydrogen (secondary N) is 2. The standard InChI is InChI=1S/C48H49N15O8S5/c1-7-62(8-2)38-24-34(36(26-40(38)70-5)56-58-47-51-42(60-73-47)30-18-14-20-32(22-30)75(64,65)66)49-44-53-45(55-46(54-44)72-28-29-16-12-11-13-17-29)50-35-25-39(63(9-3)10-4)41(71-6)27-37(35)57-59-48-52-43(61-74-48)31-19-15-21-33(23-31)76(67,68)69/h11-27H,7-10,28H2,1-6H3,(H,64,65,66)(H,67,68,69)(H2,49,50,53,54,55)/b58-56+,59-57+. The van der Waals surface area contributed by atoms with Gasteiger partial charge in [-0.25, -0.2) is 0 Å². The number of hydrogen-bond donors (Lipinski definition) is 4. The summed E-state index contributed by atoms with van der Waals surface area (Å²) in [5.41, 5.74) is 4.77. The highest BCUT2D eigenvalue weighted by Crippen LogP contribution is 2.43. The van der Waals surface area contributed by atoms with Crippen LogP contribution in [0.4, 0.5) is 56.3 Å². The number of methoxy groups -OCH3 is 2. The van der Waals surface area contributed by atoms with E-state index >= 15 is 0 Å². The molecule has 3 heterocycles. The molecule has 5 aromatic carbocycles. The smallest absolute Gasteiger partial charge is 0.294 e. The molecule has 0 bridgehead atoms. The average Bonchev–Trinajstić information content (AvgIpc) is 4.12. The molecule has 8 aromatic rings. The van der Waals surface area contributed by atoms with Crippen LogP contribution in [-0.2, 0) is 26.0 Å². The lowest BCUT2D eigenvalue weighted by Crippen LogP contribution is -2.22.